The lowest BCUT2D eigenvalue weighted by atomic mass is 9.96. The summed E-state index contributed by atoms with van der Waals surface area (Å²) in [6, 6.07) is 11.5. The molecule has 1 saturated carbocycles. The van der Waals surface area contributed by atoms with E-state index in [0.29, 0.717) is 5.56 Å². The summed E-state index contributed by atoms with van der Waals surface area (Å²) in [5.41, 5.74) is 1.87. The van der Waals surface area contributed by atoms with Crippen LogP contribution in [0.2, 0.25) is 5.02 Å². The summed E-state index contributed by atoms with van der Waals surface area (Å²) in [6.45, 7) is 1.26. The first-order valence-corrected chi connectivity index (χ1v) is 11.5. The fourth-order valence-corrected chi connectivity index (χ4v) is 4.83. The van der Waals surface area contributed by atoms with Crippen molar-refractivity contribution in [2.24, 2.45) is 0 Å². The van der Waals surface area contributed by atoms with Crippen LogP contribution in [0.4, 0.5) is 5.82 Å². The molecule has 28 heavy (non-hydrogen) atoms. The SMILES string of the molecule is O=C(c1ccc(NCC2(c3ccc(Cl)cc3)CC2)nc1)N1CCS(=O)(=O)CC1. The van der Waals surface area contributed by atoms with E-state index in [1.165, 1.54) is 5.56 Å². The molecule has 1 aromatic carbocycles. The van der Waals surface area contributed by atoms with Crippen molar-refractivity contribution in [1.29, 1.82) is 0 Å². The van der Waals surface area contributed by atoms with E-state index in [1.807, 2.05) is 12.1 Å². The molecule has 1 saturated heterocycles. The Balaban J connectivity index is 1.36. The van der Waals surface area contributed by atoms with Crippen LogP contribution < -0.4 is 5.32 Å². The molecule has 2 heterocycles. The first-order valence-electron chi connectivity index (χ1n) is 9.33. The number of nitrogens with one attached hydrogen (secondary N) is 1. The van der Waals surface area contributed by atoms with Crippen molar-refractivity contribution in [1.82, 2.24) is 9.88 Å². The summed E-state index contributed by atoms with van der Waals surface area (Å²) < 4.78 is 23.0. The van der Waals surface area contributed by atoms with Crippen LogP contribution in [0.15, 0.2) is 42.6 Å². The van der Waals surface area contributed by atoms with Gasteiger partial charge in [-0.05, 0) is 42.7 Å². The lowest BCUT2D eigenvalue weighted by Gasteiger charge is -2.26. The van der Waals surface area contributed by atoms with Crippen molar-refractivity contribution in [3.8, 4) is 0 Å². The Morgan fingerprint density at radius 3 is 2.36 bits per heavy atom. The van der Waals surface area contributed by atoms with E-state index in [0.717, 1.165) is 30.2 Å². The molecule has 2 aliphatic rings. The number of carbonyl (C=O) groups excluding carboxylic acids is 1. The van der Waals surface area contributed by atoms with Crippen LogP contribution in [-0.2, 0) is 15.3 Å². The maximum absolute atomic E-state index is 12.5. The van der Waals surface area contributed by atoms with Gasteiger partial charge in [0.05, 0.1) is 17.1 Å². The van der Waals surface area contributed by atoms with Gasteiger partial charge in [0.25, 0.3) is 5.91 Å². The summed E-state index contributed by atoms with van der Waals surface area (Å²) >= 11 is 5.98. The zero-order valence-electron chi connectivity index (χ0n) is 15.4. The third kappa shape index (κ3) is 4.15. The second kappa shape index (κ2) is 7.37. The number of aromatic nitrogens is 1. The van der Waals surface area contributed by atoms with Gasteiger partial charge in [-0.2, -0.15) is 0 Å². The molecule has 1 aromatic heterocycles. The van der Waals surface area contributed by atoms with Gasteiger partial charge < -0.3 is 10.2 Å². The number of sulfone groups is 1. The molecule has 0 radical (unpaired) electrons. The molecular formula is C20H22ClN3O3S. The highest BCUT2D eigenvalue weighted by molar-refractivity contribution is 7.91. The van der Waals surface area contributed by atoms with Crippen molar-refractivity contribution in [2.45, 2.75) is 18.3 Å². The van der Waals surface area contributed by atoms with Crippen LogP contribution in [0.3, 0.4) is 0 Å². The van der Waals surface area contributed by atoms with Gasteiger partial charge in [-0.1, -0.05) is 23.7 Å². The minimum Gasteiger partial charge on any atom is -0.369 e. The minimum atomic E-state index is -3.01. The summed E-state index contributed by atoms with van der Waals surface area (Å²) in [5.74, 6) is 0.601. The first kappa shape index (κ1) is 19.2. The number of pyridine rings is 1. The van der Waals surface area contributed by atoms with Gasteiger partial charge >= 0.3 is 0 Å². The molecule has 8 heteroatoms. The number of hydrogen-bond acceptors (Lipinski definition) is 5. The quantitative estimate of drug-likeness (QED) is 0.806. The largest absolute Gasteiger partial charge is 0.369 e. The molecule has 1 amide bonds. The molecule has 148 valence electrons. The van der Waals surface area contributed by atoms with E-state index in [2.05, 4.69) is 22.4 Å². The van der Waals surface area contributed by atoms with E-state index in [-0.39, 0.29) is 35.9 Å². The lowest BCUT2D eigenvalue weighted by Crippen LogP contribution is -2.43. The van der Waals surface area contributed by atoms with Crippen LogP contribution in [0.1, 0.15) is 28.8 Å². The predicted molar refractivity (Wildman–Crippen MR) is 110 cm³/mol. The summed E-state index contributed by atoms with van der Waals surface area (Å²) in [5, 5.41) is 4.11. The zero-order valence-corrected chi connectivity index (χ0v) is 17.0. The maximum atomic E-state index is 12.5. The molecule has 2 aromatic rings. The standard InChI is InChI=1S/C20H22ClN3O3S/c21-17-4-2-16(3-5-17)20(7-8-20)14-23-18-6-1-15(13-22-18)19(25)24-9-11-28(26,27)12-10-24/h1-6,13H,7-12,14H2,(H,22,23). The number of hydrogen-bond donors (Lipinski definition) is 1. The Bertz CT molecular complexity index is 957. The monoisotopic (exact) mass is 419 g/mol. The maximum Gasteiger partial charge on any atom is 0.255 e. The Labute approximate surface area is 169 Å². The Hall–Kier alpha value is -2.12. The molecule has 1 aliphatic carbocycles. The van der Waals surface area contributed by atoms with Gasteiger partial charge in [0, 0.05) is 36.3 Å². The molecule has 0 spiro atoms. The van der Waals surface area contributed by atoms with Crippen LogP contribution in [-0.4, -0.2) is 55.3 Å². The van der Waals surface area contributed by atoms with Gasteiger partial charge in [-0.15, -0.1) is 0 Å². The number of benzene rings is 1. The molecular weight excluding hydrogens is 398 g/mol. The van der Waals surface area contributed by atoms with Crippen molar-refractivity contribution in [3.63, 3.8) is 0 Å². The molecule has 0 bridgehead atoms. The van der Waals surface area contributed by atoms with Crippen LogP contribution in [0.25, 0.3) is 0 Å². The second-order valence-corrected chi connectivity index (χ2v) is 10.3. The van der Waals surface area contributed by atoms with Crippen molar-refractivity contribution >= 4 is 33.2 Å². The van der Waals surface area contributed by atoms with Gasteiger partial charge in [-0.25, -0.2) is 13.4 Å². The second-order valence-electron chi connectivity index (χ2n) is 7.52. The average Bonchev–Trinajstić information content (AvgIpc) is 3.48. The van der Waals surface area contributed by atoms with Crippen LogP contribution >= 0.6 is 11.6 Å². The van der Waals surface area contributed by atoms with Gasteiger partial charge in [0.1, 0.15) is 5.82 Å². The highest BCUT2D eigenvalue weighted by atomic mass is 35.5. The normalized spacial score (nSPS) is 19.8. The smallest absolute Gasteiger partial charge is 0.255 e. The molecule has 0 unspecified atom stereocenters. The van der Waals surface area contributed by atoms with Gasteiger partial charge in [0.2, 0.25) is 0 Å². The highest BCUT2D eigenvalue weighted by Gasteiger charge is 2.44. The van der Waals surface area contributed by atoms with E-state index in [4.69, 9.17) is 11.6 Å². The summed E-state index contributed by atoms with van der Waals surface area (Å²) in [4.78, 5) is 18.5. The molecule has 0 atom stereocenters. The number of nitrogens with zero attached hydrogens (tertiary/aromatic N) is 2. The third-order valence-corrected chi connectivity index (χ3v) is 7.42. The molecule has 6 nitrogen and oxygen atoms in total. The fourth-order valence-electron chi connectivity index (χ4n) is 3.50. The minimum absolute atomic E-state index is 0.0264. The van der Waals surface area contributed by atoms with Crippen molar-refractivity contribution in [2.75, 3.05) is 36.5 Å². The van der Waals surface area contributed by atoms with E-state index >= 15 is 0 Å². The fraction of sp³-hybridized carbons (Fsp3) is 0.400. The van der Waals surface area contributed by atoms with E-state index in [1.54, 1.807) is 23.2 Å². The van der Waals surface area contributed by atoms with Gasteiger partial charge in [0.15, 0.2) is 9.84 Å². The van der Waals surface area contributed by atoms with Crippen LogP contribution in [0.5, 0.6) is 0 Å². The van der Waals surface area contributed by atoms with Crippen LogP contribution in [0, 0.1) is 0 Å². The number of amides is 1. The lowest BCUT2D eigenvalue weighted by molar-refractivity contribution is 0.0770. The summed E-state index contributed by atoms with van der Waals surface area (Å²) in [6.07, 6.45) is 3.79. The molecule has 1 aliphatic heterocycles. The number of halogens is 1. The molecule has 2 fully saturated rings. The number of rotatable bonds is 5. The Kier molecular flexibility index (Phi) is 5.05. The number of carbonyl (C=O) groups is 1. The topological polar surface area (TPSA) is 79.4 Å². The number of anilines is 1. The summed E-state index contributed by atoms with van der Waals surface area (Å²) in [7, 11) is -3.01. The zero-order chi connectivity index (χ0) is 19.8. The van der Waals surface area contributed by atoms with Crippen molar-refractivity contribution in [3.05, 3.63) is 58.7 Å². The highest BCUT2D eigenvalue weighted by Crippen LogP contribution is 2.48. The molecule has 4 rings (SSSR count). The van der Waals surface area contributed by atoms with E-state index < -0.39 is 9.84 Å². The third-order valence-electron chi connectivity index (χ3n) is 5.56. The predicted octanol–water partition coefficient (Wildman–Crippen LogP) is 2.75. The molecule has 1 N–H and O–H groups in total. The van der Waals surface area contributed by atoms with Crippen molar-refractivity contribution < 1.29 is 13.2 Å². The van der Waals surface area contributed by atoms with Gasteiger partial charge in [-0.3, -0.25) is 4.79 Å². The Morgan fingerprint density at radius 1 is 1.11 bits per heavy atom. The average molecular weight is 420 g/mol. The van der Waals surface area contributed by atoms with E-state index in [9.17, 15) is 13.2 Å². The Morgan fingerprint density at radius 2 is 1.79 bits per heavy atom. The first-order chi connectivity index (χ1) is 13.4.